The fraction of sp³-hybridized carbons (Fsp3) is 0.393. The lowest BCUT2D eigenvalue weighted by molar-refractivity contribution is 0.0747. The molecule has 1 saturated heterocycles. The highest BCUT2D eigenvalue weighted by molar-refractivity contribution is 7.23. The van der Waals surface area contributed by atoms with E-state index in [0.29, 0.717) is 6.54 Å². The van der Waals surface area contributed by atoms with Crippen LogP contribution in [0.5, 0.6) is 0 Å². The van der Waals surface area contributed by atoms with Crippen LogP contribution in [0.2, 0.25) is 0 Å². The first-order valence-corrected chi connectivity index (χ1v) is 13.6. The molecule has 190 valence electrons. The van der Waals surface area contributed by atoms with Crippen molar-refractivity contribution in [2.45, 2.75) is 32.1 Å². The number of nitrogens with zero attached hydrogens (tertiary/aromatic N) is 3. The predicted octanol–water partition coefficient (Wildman–Crippen LogP) is 5.54. The van der Waals surface area contributed by atoms with E-state index in [1.807, 2.05) is 12.1 Å². The summed E-state index contributed by atoms with van der Waals surface area (Å²) in [6.07, 6.45) is 14.8. The van der Waals surface area contributed by atoms with Crippen LogP contribution in [0.25, 0.3) is 10.1 Å². The van der Waals surface area contributed by atoms with Gasteiger partial charge in [0.15, 0.2) is 6.26 Å². The number of carbonyl (C=O) groups is 1. The van der Waals surface area contributed by atoms with Crippen molar-refractivity contribution >= 4 is 32.5 Å². The number of nitrogens with two attached hydrogens (primary N) is 1. The van der Waals surface area contributed by atoms with Gasteiger partial charge in [-0.25, -0.2) is 4.79 Å². The second-order valence-corrected chi connectivity index (χ2v) is 10.5. The minimum Gasteiger partial charge on any atom is -0.464 e. The van der Waals surface area contributed by atoms with Gasteiger partial charge in [-0.3, -0.25) is 9.80 Å². The van der Waals surface area contributed by atoms with Gasteiger partial charge in [0.2, 0.25) is 5.88 Å². The summed E-state index contributed by atoms with van der Waals surface area (Å²) < 4.78 is 12.9. The number of allylic oxidation sites excluding steroid dienone is 4. The van der Waals surface area contributed by atoms with Crippen LogP contribution in [-0.2, 0) is 9.47 Å². The van der Waals surface area contributed by atoms with Gasteiger partial charge in [-0.2, -0.15) is 0 Å². The maximum Gasteiger partial charge on any atom is 0.319 e. The third-order valence-electron chi connectivity index (χ3n) is 6.84. The molecule has 3 aliphatic rings. The van der Waals surface area contributed by atoms with Crippen molar-refractivity contribution in [1.82, 2.24) is 9.80 Å². The molecule has 2 N–H and O–H groups in total. The monoisotopic (exact) mass is 506 g/mol. The number of fused-ring (bicyclic) bond motifs is 1. The van der Waals surface area contributed by atoms with Crippen LogP contribution in [-0.4, -0.2) is 55.1 Å². The van der Waals surface area contributed by atoms with E-state index in [1.54, 1.807) is 28.8 Å². The van der Waals surface area contributed by atoms with Crippen molar-refractivity contribution in [2.24, 2.45) is 5.73 Å². The maximum atomic E-state index is 12.1. The third-order valence-corrected chi connectivity index (χ3v) is 7.98. The summed E-state index contributed by atoms with van der Waals surface area (Å²) in [4.78, 5) is 18.5. The van der Waals surface area contributed by atoms with Crippen LogP contribution >= 0.6 is 11.3 Å². The van der Waals surface area contributed by atoms with Gasteiger partial charge in [0.25, 0.3) is 0 Å². The van der Waals surface area contributed by atoms with E-state index in [9.17, 15) is 4.79 Å². The second-order valence-electron chi connectivity index (χ2n) is 9.40. The summed E-state index contributed by atoms with van der Waals surface area (Å²) in [5.41, 5.74) is 7.08. The first-order chi connectivity index (χ1) is 17.7. The zero-order chi connectivity index (χ0) is 24.7. The summed E-state index contributed by atoms with van der Waals surface area (Å²) in [6.45, 7) is 5.42. The summed E-state index contributed by atoms with van der Waals surface area (Å²) in [6, 6.07) is 9.84. The average Bonchev–Trinajstić information content (AvgIpc) is 3.33. The zero-order valence-corrected chi connectivity index (χ0v) is 21.4. The molecule has 5 rings (SSSR count). The molecule has 0 atom stereocenters. The number of anilines is 1. The molecule has 0 radical (unpaired) electrons. The number of benzene rings is 1. The summed E-state index contributed by atoms with van der Waals surface area (Å²) in [5, 5.41) is 2.07. The van der Waals surface area contributed by atoms with Gasteiger partial charge in [-0.15, -0.1) is 11.3 Å². The number of amides is 2. The lowest BCUT2D eigenvalue weighted by Gasteiger charge is -2.37. The smallest absolute Gasteiger partial charge is 0.319 e. The zero-order valence-electron chi connectivity index (χ0n) is 20.6. The third kappa shape index (κ3) is 6.12. The van der Waals surface area contributed by atoms with Gasteiger partial charge in [0.05, 0.1) is 0 Å². The van der Waals surface area contributed by atoms with Crippen molar-refractivity contribution in [3.8, 4) is 0 Å². The topological polar surface area (TPSA) is 71.3 Å². The number of primary amides is 1. The van der Waals surface area contributed by atoms with Crippen molar-refractivity contribution in [1.29, 1.82) is 0 Å². The number of hydrogen-bond donors (Lipinski definition) is 1. The van der Waals surface area contributed by atoms with Crippen LogP contribution in [0.1, 0.15) is 32.1 Å². The van der Waals surface area contributed by atoms with Gasteiger partial charge >= 0.3 is 6.03 Å². The molecule has 3 heterocycles. The minimum absolute atomic E-state index is 0.386. The van der Waals surface area contributed by atoms with E-state index in [1.165, 1.54) is 10.3 Å². The van der Waals surface area contributed by atoms with E-state index in [2.05, 4.69) is 46.2 Å². The molecule has 0 unspecified atom stereocenters. The number of carbonyl (C=O) groups excluding carboxylic acids is 1. The first kappa shape index (κ1) is 24.5. The molecule has 1 aromatic heterocycles. The van der Waals surface area contributed by atoms with E-state index < -0.39 is 0 Å². The number of urea groups is 1. The predicted molar refractivity (Wildman–Crippen MR) is 145 cm³/mol. The molecular weight excluding hydrogens is 472 g/mol. The van der Waals surface area contributed by atoms with Crippen molar-refractivity contribution in [3.63, 3.8) is 0 Å². The van der Waals surface area contributed by atoms with Crippen LogP contribution < -0.4 is 10.6 Å². The highest BCUT2D eigenvalue weighted by atomic mass is 32.1. The average molecular weight is 507 g/mol. The van der Waals surface area contributed by atoms with Crippen LogP contribution in [0.3, 0.4) is 0 Å². The Hall–Kier alpha value is -3.23. The van der Waals surface area contributed by atoms with Gasteiger partial charge < -0.3 is 20.1 Å². The van der Waals surface area contributed by atoms with Crippen molar-refractivity contribution < 1.29 is 14.3 Å². The Morgan fingerprint density at radius 1 is 1.11 bits per heavy atom. The normalized spacial score (nSPS) is 18.2. The number of ether oxygens (including phenoxy) is 2. The van der Waals surface area contributed by atoms with Gasteiger partial charge in [-0.05, 0) is 49.7 Å². The Morgan fingerprint density at radius 3 is 2.75 bits per heavy atom. The van der Waals surface area contributed by atoms with Crippen LogP contribution in [0.15, 0.2) is 78.3 Å². The lowest BCUT2D eigenvalue weighted by Crippen LogP contribution is -2.46. The van der Waals surface area contributed by atoms with Crippen molar-refractivity contribution in [2.75, 3.05) is 44.2 Å². The van der Waals surface area contributed by atoms with E-state index in [4.69, 9.17) is 15.2 Å². The molecule has 1 aliphatic carbocycles. The summed E-state index contributed by atoms with van der Waals surface area (Å²) in [5.74, 6) is 1.67. The molecular formula is C28H34N4O3S. The summed E-state index contributed by atoms with van der Waals surface area (Å²) >= 11 is 1.62. The number of hydrogen-bond acceptors (Lipinski definition) is 6. The largest absolute Gasteiger partial charge is 0.464 e. The Morgan fingerprint density at radius 2 is 1.97 bits per heavy atom. The highest BCUT2D eigenvalue weighted by Crippen LogP contribution is 2.32. The molecule has 1 fully saturated rings. The number of unbranched alkanes of at least 4 members (excludes halogenated alkanes) is 1. The first-order valence-electron chi connectivity index (χ1n) is 12.8. The number of piperazine rings is 1. The molecule has 2 aromatic rings. The molecule has 8 heteroatoms. The molecule has 0 spiro atoms. The number of rotatable bonds is 9. The molecule has 2 aliphatic heterocycles. The highest BCUT2D eigenvalue weighted by Gasteiger charge is 2.23. The van der Waals surface area contributed by atoms with Crippen LogP contribution in [0, 0.1) is 0 Å². The van der Waals surface area contributed by atoms with Crippen LogP contribution in [0.4, 0.5) is 9.80 Å². The van der Waals surface area contributed by atoms with Gasteiger partial charge in [0.1, 0.15) is 17.0 Å². The maximum absolute atomic E-state index is 12.1. The quantitative estimate of drug-likeness (QED) is 0.452. The van der Waals surface area contributed by atoms with E-state index >= 15 is 0 Å². The Kier molecular flexibility index (Phi) is 7.93. The SMILES string of the molecule is NC(=O)N(CCCCN1CCN(C2=COC=C(CC3=CC=CCC3)O2)CC1)c1cc2ccccc2s1. The summed E-state index contributed by atoms with van der Waals surface area (Å²) in [7, 11) is 0. The fourth-order valence-corrected chi connectivity index (χ4v) is 5.91. The van der Waals surface area contributed by atoms with E-state index in [0.717, 1.165) is 86.9 Å². The Bertz CT molecular complexity index is 1160. The molecule has 0 bridgehead atoms. The molecule has 2 amide bonds. The van der Waals surface area contributed by atoms with Crippen molar-refractivity contribution in [3.05, 3.63) is 78.3 Å². The van der Waals surface area contributed by atoms with Gasteiger partial charge in [0, 0.05) is 43.8 Å². The fourth-order valence-electron chi connectivity index (χ4n) is 4.82. The molecule has 1 aromatic carbocycles. The van der Waals surface area contributed by atoms with E-state index in [-0.39, 0.29) is 6.03 Å². The molecule has 0 saturated carbocycles. The standard InChI is InChI=1S/C28H34N4O3S/c29-28(33)32(27-19-23-10-4-5-11-25(23)36-27)13-7-6-12-30-14-16-31(17-15-30)26-21-34-20-24(35-26)18-22-8-2-1-3-9-22/h1-2,4-5,8,10-11,19-21H,3,6-7,9,12-18H2,(H2,29,33). The minimum atomic E-state index is -0.386. The molecule has 36 heavy (non-hydrogen) atoms. The number of thiophene rings is 1. The van der Waals surface area contributed by atoms with Gasteiger partial charge in [-0.1, -0.05) is 42.0 Å². The molecule has 7 nitrogen and oxygen atoms in total. The Labute approximate surface area is 216 Å². The second kappa shape index (κ2) is 11.7. The Balaban J connectivity index is 1.04. The lowest BCUT2D eigenvalue weighted by atomic mass is 10.0.